The van der Waals surface area contributed by atoms with Gasteiger partial charge in [-0.25, -0.2) is 15.0 Å². The Bertz CT molecular complexity index is 1000. The first-order valence-electron chi connectivity index (χ1n) is 10.1. The zero-order valence-corrected chi connectivity index (χ0v) is 18.3. The number of benzene rings is 1. The summed E-state index contributed by atoms with van der Waals surface area (Å²) in [7, 11) is -3.19. The van der Waals surface area contributed by atoms with Crippen molar-refractivity contribution < 1.29 is 18.3 Å². The van der Waals surface area contributed by atoms with Crippen LogP contribution in [0.15, 0.2) is 36.9 Å². The first-order chi connectivity index (χ1) is 14.6. The fourth-order valence-electron chi connectivity index (χ4n) is 3.13. The minimum atomic E-state index is -3.19. The Balaban J connectivity index is 1.54. The van der Waals surface area contributed by atoms with E-state index in [0.717, 1.165) is 30.6 Å². The molecule has 3 rings (SSSR count). The van der Waals surface area contributed by atoms with Crippen LogP contribution in [0.2, 0.25) is 0 Å². The van der Waals surface area contributed by atoms with Gasteiger partial charge in [0.1, 0.15) is 17.6 Å². The number of ether oxygens (including phenoxy) is 1. The van der Waals surface area contributed by atoms with E-state index in [1.807, 2.05) is 28.8 Å². The third-order valence-electron chi connectivity index (χ3n) is 4.47. The van der Waals surface area contributed by atoms with Gasteiger partial charge in [-0.15, -0.1) is 0 Å². The largest absolute Gasteiger partial charge is 0.493 e. The molecule has 0 bridgehead atoms. The van der Waals surface area contributed by atoms with E-state index in [9.17, 15) is 4.57 Å². The number of nitrogen functional groups attached to an aromatic ring is 1. The maximum Gasteiger partial charge on any atom is 0.335 e. The van der Waals surface area contributed by atoms with Crippen LogP contribution in [0.25, 0.3) is 11.2 Å². The minimum absolute atomic E-state index is 0.188. The summed E-state index contributed by atoms with van der Waals surface area (Å²) < 4.78 is 31.6. The molecule has 0 aliphatic rings. The number of rotatable bonds is 12. The van der Waals surface area contributed by atoms with Crippen LogP contribution in [-0.4, -0.2) is 39.3 Å². The average molecular weight is 433 g/mol. The lowest BCUT2D eigenvalue weighted by Crippen LogP contribution is -2.05. The van der Waals surface area contributed by atoms with Crippen LogP contribution in [0.1, 0.15) is 32.3 Å². The molecule has 3 aromatic rings. The molecule has 2 aromatic heterocycles. The van der Waals surface area contributed by atoms with Crippen molar-refractivity contribution in [3.8, 4) is 5.75 Å². The quantitative estimate of drug-likeness (QED) is 0.336. The summed E-state index contributed by atoms with van der Waals surface area (Å²) in [5.74, 6) is 1.08. The summed E-state index contributed by atoms with van der Waals surface area (Å²) in [4.78, 5) is 12.5. The van der Waals surface area contributed by atoms with E-state index in [4.69, 9.17) is 19.5 Å². The third-order valence-corrected chi connectivity index (χ3v) is 6.50. The maximum absolute atomic E-state index is 12.8. The van der Waals surface area contributed by atoms with Gasteiger partial charge >= 0.3 is 7.60 Å². The fraction of sp³-hybridized carbons (Fsp3) is 0.450. The second kappa shape index (κ2) is 10.5. The molecule has 0 atom stereocenters. The Labute approximate surface area is 176 Å². The van der Waals surface area contributed by atoms with Gasteiger partial charge in [0.2, 0.25) is 0 Å². The number of nitrogens with two attached hydrogens (primary N) is 1. The summed E-state index contributed by atoms with van der Waals surface area (Å²) in [5.41, 5.74) is 7.99. The molecule has 1 aromatic carbocycles. The van der Waals surface area contributed by atoms with Gasteiger partial charge in [0, 0.05) is 12.1 Å². The molecule has 0 unspecified atom stereocenters. The first-order valence-corrected chi connectivity index (χ1v) is 11.8. The number of anilines is 1. The van der Waals surface area contributed by atoms with Gasteiger partial charge in [0.05, 0.1) is 32.3 Å². The minimum Gasteiger partial charge on any atom is -0.493 e. The van der Waals surface area contributed by atoms with Crippen LogP contribution in [0.4, 0.5) is 5.82 Å². The van der Waals surface area contributed by atoms with E-state index in [1.165, 1.54) is 6.33 Å². The van der Waals surface area contributed by atoms with Crippen molar-refractivity contribution in [3.05, 3.63) is 42.5 Å². The molecular weight excluding hydrogens is 405 g/mol. The number of hydrogen-bond acceptors (Lipinski definition) is 8. The van der Waals surface area contributed by atoms with Crippen molar-refractivity contribution in [2.45, 2.75) is 39.4 Å². The predicted molar refractivity (Wildman–Crippen MR) is 115 cm³/mol. The van der Waals surface area contributed by atoms with Crippen molar-refractivity contribution in [2.75, 3.05) is 25.6 Å². The van der Waals surface area contributed by atoms with Crippen molar-refractivity contribution in [3.63, 3.8) is 0 Å². The maximum atomic E-state index is 12.8. The van der Waals surface area contributed by atoms with E-state index in [1.54, 1.807) is 20.2 Å². The molecule has 0 aliphatic heterocycles. The summed E-state index contributed by atoms with van der Waals surface area (Å²) in [6.07, 6.45) is 5.08. The molecule has 0 aliphatic carbocycles. The Kier molecular flexibility index (Phi) is 7.79. The fourth-order valence-corrected chi connectivity index (χ4v) is 4.86. The number of hydrogen-bond donors (Lipinski definition) is 1. The Morgan fingerprint density at radius 2 is 1.83 bits per heavy atom. The molecule has 0 saturated heterocycles. The third kappa shape index (κ3) is 5.56. The number of nitrogens with zero attached hydrogens (tertiary/aromatic N) is 4. The summed E-state index contributed by atoms with van der Waals surface area (Å²) in [5, 5.41) is 0. The summed E-state index contributed by atoms with van der Waals surface area (Å²) in [6.45, 7) is 5.56. The highest BCUT2D eigenvalue weighted by Crippen LogP contribution is 2.52. The molecule has 0 amide bonds. The lowest BCUT2D eigenvalue weighted by Gasteiger charge is -2.19. The Hall–Kier alpha value is -2.48. The number of para-hydroxylation sites is 1. The van der Waals surface area contributed by atoms with E-state index in [2.05, 4.69) is 15.0 Å². The van der Waals surface area contributed by atoms with Crippen LogP contribution in [0, 0.1) is 0 Å². The zero-order chi connectivity index (χ0) is 21.4. The molecular formula is C20H28N5O4P. The molecule has 0 fully saturated rings. The van der Waals surface area contributed by atoms with Gasteiger partial charge in [-0.1, -0.05) is 18.2 Å². The van der Waals surface area contributed by atoms with E-state index >= 15 is 0 Å². The van der Waals surface area contributed by atoms with Crippen molar-refractivity contribution in [1.29, 1.82) is 0 Å². The highest BCUT2D eigenvalue weighted by Gasteiger charge is 2.25. The second-order valence-corrected chi connectivity index (χ2v) is 8.69. The molecule has 0 saturated carbocycles. The van der Waals surface area contributed by atoms with Gasteiger partial charge in [0.25, 0.3) is 0 Å². The SMILES string of the molecule is CCOP(=O)(Cc1ccccc1OCCCCn1cnc2c(N)ncnc21)OCC. The lowest BCUT2D eigenvalue weighted by molar-refractivity contribution is 0.218. The highest BCUT2D eigenvalue weighted by atomic mass is 31.2. The van der Waals surface area contributed by atoms with Crippen molar-refractivity contribution in [1.82, 2.24) is 19.5 Å². The van der Waals surface area contributed by atoms with Crippen LogP contribution in [0.3, 0.4) is 0 Å². The van der Waals surface area contributed by atoms with E-state index in [0.29, 0.717) is 36.9 Å². The molecule has 9 nitrogen and oxygen atoms in total. The normalized spacial score (nSPS) is 11.8. The predicted octanol–water partition coefficient (Wildman–Crippen LogP) is 4.03. The average Bonchev–Trinajstić information content (AvgIpc) is 3.14. The monoisotopic (exact) mass is 433 g/mol. The van der Waals surface area contributed by atoms with Crippen LogP contribution in [-0.2, 0) is 26.3 Å². The Morgan fingerprint density at radius 3 is 2.60 bits per heavy atom. The van der Waals surface area contributed by atoms with E-state index < -0.39 is 7.60 Å². The van der Waals surface area contributed by atoms with Crippen LogP contribution < -0.4 is 10.5 Å². The van der Waals surface area contributed by atoms with Crippen molar-refractivity contribution >= 4 is 24.6 Å². The van der Waals surface area contributed by atoms with Crippen LogP contribution in [0.5, 0.6) is 5.75 Å². The summed E-state index contributed by atoms with van der Waals surface area (Å²) in [6, 6.07) is 7.55. The van der Waals surface area contributed by atoms with Gasteiger partial charge in [-0.3, -0.25) is 4.57 Å². The van der Waals surface area contributed by atoms with E-state index in [-0.39, 0.29) is 6.16 Å². The van der Waals surface area contributed by atoms with Gasteiger partial charge in [-0.05, 0) is 32.8 Å². The second-order valence-electron chi connectivity index (χ2n) is 6.64. The lowest BCUT2D eigenvalue weighted by atomic mass is 10.2. The molecule has 2 heterocycles. The van der Waals surface area contributed by atoms with Gasteiger partial charge in [0.15, 0.2) is 11.5 Å². The topological polar surface area (TPSA) is 114 Å². The van der Waals surface area contributed by atoms with Crippen LogP contribution >= 0.6 is 7.60 Å². The molecule has 162 valence electrons. The number of imidazole rings is 1. The molecule has 0 radical (unpaired) electrons. The number of unbranched alkanes of at least 4 members (excludes halogenated alkanes) is 1. The molecule has 30 heavy (non-hydrogen) atoms. The van der Waals surface area contributed by atoms with Gasteiger partial charge in [-0.2, -0.15) is 0 Å². The Morgan fingerprint density at radius 1 is 1.07 bits per heavy atom. The number of aryl methyl sites for hydroxylation is 1. The number of aromatic nitrogens is 4. The highest BCUT2D eigenvalue weighted by molar-refractivity contribution is 7.53. The molecule has 2 N–H and O–H groups in total. The van der Waals surface area contributed by atoms with Gasteiger partial charge < -0.3 is 24.1 Å². The number of fused-ring (bicyclic) bond motifs is 1. The standard InChI is InChI=1S/C20H28N5O4P/c1-3-28-30(26,29-4-2)13-16-9-5-6-10-17(16)27-12-8-7-11-25-15-24-18-19(21)22-14-23-20(18)25/h5-6,9-10,14-15H,3-4,7-8,11-13H2,1-2H3,(H2,21,22,23). The first kappa shape index (κ1) is 22.2. The smallest absolute Gasteiger partial charge is 0.335 e. The summed E-state index contributed by atoms with van der Waals surface area (Å²) >= 11 is 0. The molecule has 0 spiro atoms. The molecule has 10 heteroatoms. The van der Waals surface area contributed by atoms with Crippen molar-refractivity contribution in [2.24, 2.45) is 0 Å². The zero-order valence-electron chi connectivity index (χ0n) is 17.4.